The molecule has 1 aromatic heterocycles. The molecule has 0 aliphatic heterocycles. The van der Waals surface area contributed by atoms with Crippen molar-refractivity contribution in [2.45, 2.75) is 12.8 Å². The van der Waals surface area contributed by atoms with Crippen LogP contribution in [0.4, 0.5) is 20.7 Å². The highest BCUT2D eigenvalue weighted by Crippen LogP contribution is 2.25. The number of hydrogen-bond acceptors (Lipinski definition) is 4. The standard InChI is InChI=1S/C19H21FN4O3/c1-26-14-6-4-13(5-7-14)21-19(25)22-18-16-12-15(27-11-3-2-10-20)8-9-17(16)23-24-18/h4-9,12H,2-3,10-11H2,1H3,(H3,21,22,23,24,25). The SMILES string of the molecule is COc1ccc(NC(=O)Nc2n[nH]c3ccc(OCCCCF)cc23)cc1. The van der Waals surface area contributed by atoms with Gasteiger partial charge in [-0.05, 0) is 55.3 Å². The molecular formula is C19H21FN4O3. The number of halogens is 1. The van der Waals surface area contributed by atoms with Crippen LogP contribution in [0.5, 0.6) is 11.5 Å². The van der Waals surface area contributed by atoms with E-state index >= 15 is 0 Å². The normalized spacial score (nSPS) is 10.6. The van der Waals surface area contributed by atoms with Gasteiger partial charge in [0, 0.05) is 11.1 Å². The highest BCUT2D eigenvalue weighted by molar-refractivity contribution is 6.04. The summed E-state index contributed by atoms with van der Waals surface area (Å²) in [5.74, 6) is 1.74. The van der Waals surface area contributed by atoms with Crippen molar-refractivity contribution in [3.63, 3.8) is 0 Å². The number of aromatic amines is 1. The zero-order valence-electron chi connectivity index (χ0n) is 14.9. The van der Waals surface area contributed by atoms with E-state index in [0.29, 0.717) is 42.5 Å². The number of nitrogens with zero attached hydrogens (tertiary/aromatic N) is 1. The number of ether oxygens (including phenoxy) is 2. The summed E-state index contributed by atoms with van der Waals surface area (Å²) in [7, 11) is 1.58. The number of hydrogen-bond donors (Lipinski definition) is 3. The average Bonchev–Trinajstić information content (AvgIpc) is 3.08. The molecule has 7 nitrogen and oxygen atoms in total. The van der Waals surface area contributed by atoms with Crippen LogP contribution >= 0.6 is 0 Å². The lowest BCUT2D eigenvalue weighted by atomic mass is 10.2. The number of amides is 2. The highest BCUT2D eigenvalue weighted by Gasteiger charge is 2.11. The van der Waals surface area contributed by atoms with Gasteiger partial charge in [-0.2, -0.15) is 5.10 Å². The minimum absolute atomic E-state index is 0.346. The molecular weight excluding hydrogens is 351 g/mol. The van der Waals surface area contributed by atoms with Gasteiger partial charge in [0.2, 0.25) is 0 Å². The summed E-state index contributed by atoms with van der Waals surface area (Å²) in [6.07, 6.45) is 1.13. The molecule has 3 rings (SSSR count). The number of carbonyl (C=O) groups is 1. The van der Waals surface area contributed by atoms with E-state index in [4.69, 9.17) is 9.47 Å². The van der Waals surface area contributed by atoms with Crippen molar-refractivity contribution in [2.75, 3.05) is 31.0 Å². The number of benzene rings is 2. The first-order chi connectivity index (χ1) is 13.2. The molecule has 0 saturated heterocycles. The minimum Gasteiger partial charge on any atom is -0.497 e. The molecule has 142 valence electrons. The highest BCUT2D eigenvalue weighted by atomic mass is 19.1. The van der Waals surface area contributed by atoms with Crippen molar-refractivity contribution >= 4 is 28.4 Å². The maximum absolute atomic E-state index is 12.2. The maximum Gasteiger partial charge on any atom is 0.324 e. The number of fused-ring (bicyclic) bond motifs is 1. The van der Waals surface area contributed by atoms with Gasteiger partial charge in [0.1, 0.15) is 11.5 Å². The van der Waals surface area contributed by atoms with Crippen LogP contribution in [0.1, 0.15) is 12.8 Å². The van der Waals surface area contributed by atoms with Gasteiger partial charge in [-0.1, -0.05) is 0 Å². The second kappa shape index (κ2) is 8.88. The van der Waals surface area contributed by atoms with Crippen LogP contribution in [-0.2, 0) is 0 Å². The Balaban J connectivity index is 1.65. The monoisotopic (exact) mass is 372 g/mol. The number of methoxy groups -OCH3 is 1. The molecule has 3 N–H and O–H groups in total. The van der Waals surface area contributed by atoms with Crippen molar-refractivity contribution in [3.05, 3.63) is 42.5 Å². The van der Waals surface area contributed by atoms with Crippen molar-refractivity contribution in [3.8, 4) is 11.5 Å². The van der Waals surface area contributed by atoms with E-state index in [-0.39, 0.29) is 6.67 Å². The molecule has 8 heteroatoms. The summed E-state index contributed by atoms with van der Waals surface area (Å²) in [4.78, 5) is 12.2. The second-order valence-electron chi connectivity index (χ2n) is 5.83. The molecule has 0 spiro atoms. The molecule has 0 aliphatic carbocycles. The molecule has 2 aromatic carbocycles. The largest absolute Gasteiger partial charge is 0.497 e. The fourth-order valence-corrected chi connectivity index (χ4v) is 2.51. The van der Waals surface area contributed by atoms with Crippen LogP contribution in [0, 0.1) is 0 Å². The Morgan fingerprint density at radius 1 is 1.11 bits per heavy atom. The zero-order valence-corrected chi connectivity index (χ0v) is 14.9. The van der Waals surface area contributed by atoms with Crippen LogP contribution in [0.2, 0.25) is 0 Å². The molecule has 0 saturated carbocycles. The molecule has 0 aliphatic rings. The molecule has 1 heterocycles. The summed E-state index contributed by atoms with van der Waals surface area (Å²) in [5, 5.41) is 13.2. The third-order valence-corrected chi connectivity index (χ3v) is 3.91. The zero-order chi connectivity index (χ0) is 19.1. The average molecular weight is 372 g/mol. The topological polar surface area (TPSA) is 88.3 Å². The summed E-state index contributed by atoms with van der Waals surface area (Å²) in [5.41, 5.74) is 1.40. The number of alkyl halides is 1. The lowest BCUT2D eigenvalue weighted by molar-refractivity contribution is 0.262. The quantitative estimate of drug-likeness (QED) is 0.513. The Kier molecular flexibility index (Phi) is 6.09. The van der Waals surface area contributed by atoms with E-state index in [0.717, 1.165) is 10.9 Å². The predicted molar refractivity (Wildman–Crippen MR) is 102 cm³/mol. The number of nitrogens with one attached hydrogen (secondary N) is 3. The van der Waals surface area contributed by atoms with E-state index in [9.17, 15) is 9.18 Å². The van der Waals surface area contributed by atoms with E-state index in [1.807, 2.05) is 6.07 Å². The Morgan fingerprint density at radius 2 is 1.89 bits per heavy atom. The summed E-state index contributed by atoms with van der Waals surface area (Å²) < 4.78 is 22.8. The van der Waals surface area contributed by atoms with Crippen LogP contribution in [0.15, 0.2) is 42.5 Å². The summed E-state index contributed by atoms with van der Waals surface area (Å²) >= 11 is 0. The molecule has 0 atom stereocenters. The molecule has 27 heavy (non-hydrogen) atoms. The fraction of sp³-hybridized carbons (Fsp3) is 0.263. The van der Waals surface area contributed by atoms with Gasteiger partial charge < -0.3 is 14.8 Å². The number of carbonyl (C=O) groups excluding carboxylic acids is 1. The molecule has 0 radical (unpaired) electrons. The van der Waals surface area contributed by atoms with Gasteiger partial charge in [-0.25, -0.2) is 4.79 Å². The Labute approximate surface area is 155 Å². The van der Waals surface area contributed by atoms with Gasteiger partial charge in [0.15, 0.2) is 5.82 Å². The van der Waals surface area contributed by atoms with Gasteiger partial charge in [-0.3, -0.25) is 14.8 Å². The summed E-state index contributed by atoms with van der Waals surface area (Å²) in [6.45, 7) is 0.0928. The van der Waals surface area contributed by atoms with Gasteiger partial charge in [0.25, 0.3) is 0 Å². The first-order valence-corrected chi connectivity index (χ1v) is 8.58. The van der Waals surface area contributed by atoms with Gasteiger partial charge in [0.05, 0.1) is 25.9 Å². The first-order valence-electron chi connectivity index (χ1n) is 8.58. The van der Waals surface area contributed by atoms with Crippen LogP contribution in [0.25, 0.3) is 10.9 Å². The molecule has 0 fully saturated rings. The van der Waals surface area contributed by atoms with Crippen LogP contribution in [0.3, 0.4) is 0 Å². The molecule has 0 unspecified atom stereocenters. The van der Waals surface area contributed by atoms with Crippen LogP contribution < -0.4 is 20.1 Å². The third-order valence-electron chi connectivity index (χ3n) is 3.91. The van der Waals surface area contributed by atoms with Gasteiger partial charge >= 0.3 is 6.03 Å². The molecule has 2 amide bonds. The van der Waals surface area contributed by atoms with E-state index in [1.54, 1.807) is 43.5 Å². The van der Waals surface area contributed by atoms with Crippen LogP contribution in [-0.4, -0.2) is 36.6 Å². The van der Waals surface area contributed by atoms with Crippen molar-refractivity contribution in [2.24, 2.45) is 0 Å². The second-order valence-corrected chi connectivity index (χ2v) is 5.83. The molecule has 3 aromatic rings. The lowest BCUT2D eigenvalue weighted by Crippen LogP contribution is -2.19. The Bertz CT molecular complexity index is 896. The van der Waals surface area contributed by atoms with Crippen molar-refractivity contribution in [1.82, 2.24) is 10.2 Å². The Hall–Kier alpha value is -3.29. The smallest absolute Gasteiger partial charge is 0.324 e. The number of H-pyrrole nitrogens is 1. The van der Waals surface area contributed by atoms with Crippen molar-refractivity contribution < 1.29 is 18.7 Å². The maximum atomic E-state index is 12.2. The first kappa shape index (κ1) is 18.5. The fourth-order valence-electron chi connectivity index (χ4n) is 2.51. The third kappa shape index (κ3) is 4.87. The van der Waals surface area contributed by atoms with E-state index in [2.05, 4.69) is 20.8 Å². The minimum atomic E-state index is -0.414. The summed E-state index contributed by atoms with van der Waals surface area (Å²) in [6, 6.07) is 12.0. The number of unbranched alkanes of at least 4 members (excludes halogenated alkanes) is 1. The number of urea groups is 1. The Morgan fingerprint density at radius 3 is 2.63 bits per heavy atom. The van der Waals surface area contributed by atoms with E-state index in [1.165, 1.54) is 0 Å². The molecule has 0 bridgehead atoms. The van der Waals surface area contributed by atoms with E-state index < -0.39 is 6.03 Å². The van der Waals surface area contributed by atoms with Crippen molar-refractivity contribution in [1.29, 1.82) is 0 Å². The van der Waals surface area contributed by atoms with Gasteiger partial charge in [-0.15, -0.1) is 0 Å². The number of anilines is 2. The number of aromatic nitrogens is 2. The predicted octanol–water partition coefficient (Wildman–Crippen LogP) is 4.34. The number of rotatable bonds is 8. The lowest BCUT2D eigenvalue weighted by Gasteiger charge is -2.08.